The van der Waals surface area contributed by atoms with E-state index in [1.807, 2.05) is 6.07 Å². The molecule has 0 saturated heterocycles. The van der Waals surface area contributed by atoms with Crippen molar-refractivity contribution in [3.05, 3.63) is 53.6 Å². The van der Waals surface area contributed by atoms with Crippen LogP contribution in [0.4, 0.5) is 0 Å². The zero-order chi connectivity index (χ0) is 15.2. The smallest absolute Gasteiger partial charge is 0.343 e. The third-order valence-electron chi connectivity index (χ3n) is 2.82. The topological polar surface area (TPSA) is 68.5 Å². The number of rotatable bonds is 4. The van der Waals surface area contributed by atoms with Gasteiger partial charge in [-0.25, -0.2) is 4.79 Å². The average Bonchev–Trinajstić information content (AvgIpc) is 2.55. The number of benzene rings is 2. The van der Waals surface area contributed by atoms with Crippen LogP contribution >= 0.6 is 0 Å². The number of hydrogen-bond donors (Lipinski definition) is 0. The second kappa shape index (κ2) is 6.44. The molecular formula is C16H13NO4. The maximum Gasteiger partial charge on any atom is 0.343 e. The number of carbonyl (C=O) groups is 1. The van der Waals surface area contributed by atoms with Crippen LogP contribution in [0.3, 0.4) is 0 Å². The summed E-state index contributed by atoms with van der Waals surface area (Å²) >= 11 is 0. The number of ether oxygens (including phenoxy) is 3. The van der Waals surface area contributed by atoms with E-state index in [4.69, 9.17) is 19.5 Å². The van der Waals surface area contributed by atoms with Gasteiger partial charge in [0.2, 0.25) is 0 Å². The number of methoxy groups -OCH3 is 2. The predicted molar refractivity (Wildman–Crippen MR) is 75.7 cm³/mol. The van der Waals surface area contributed by atoms with Gasteiger partial charge in [0.15, 0.2) is 11.5 Å². The minimum absolute atomic E-state index is 0.261. The predicted octanol–water partition coefficient (Wildman–Crippen LogP) is 2.79. The van der Waals surface area contributed by atoms with Gasteiger partial charge in [0.05, 0.1) is 31.4 Å². The van der Waals surface area contributed by atoms with Gasteiger partial charge in [-0.2, -0.15) is 5.26 Å². The van der Waals surface area contributed by atoms with E-state index >= 15 is 0 Å². The number of hydrogen-bond acceptors (Lipinski definition) is 5. The summed E-state index contributed by atoms with van der Waals surface area (Å²) in [6, 6.07) is 13.1. The molecule has 0 aliphatic heterocycles. The second-order valence-corrected chi connectivity index (χ2v) is 4.10. The molecule has 0 N–H and O–H groups in total. The normalized spacial score (nSPS) is 9.57. The van der Waals surface area contributed by atoms with E-state index in [2.05, 4.69) is 0 Å². The Labute approximate surface area is 122 Å². The molecule has 0 aliphatic rings. The van der Waals surface area contributed by atoms with Crippen molar-refractivity contribution in [2.75, 3.05) is 14.2 Å². The van der Waals surface area contributed by atoms with Crippen molar-refractivity contribution in [3.63, 3.8) is 0 Å². The van der Waals surface area contributed by atoms with E-state index in [1.54, 1.807) is 37.4 Å². The van der Waals surface area contributed by atoms with Crippen molar-refractivity contribution >= 4 is 5.97 Å². The molecule has 5 heteroatoms. The van der Waals surface area contributed by atoms with Gasteiger partial charge < -0.3 is 14.2 Å². The molecule has 0 saturated carbocycles. The highest BCUT2D eigenvalue weighted by Crippen LogP contribution is 2.28. The Morgan fingerprint density at radius 2 is 1.71 bits per heavy atom. The Hall–Kier alpha value is -3.00. The highest BCUT2D eigenvalue weighted by molar-refractivity contribution is 5.91. The Balaban J connectivity index is 2.20. The molecule has 0 amide bonds. The van der Waals surface area contributed by atoms with Crippen LogP contribution < -0.4 is 14.2 Å². The van der Waals surface area contributed by atoms with Crippen molar-refractivity contribution in [1.29, 1.82) is 5.26 Å². The lowest BCUT2D eigenvalue weighted by Gasteiger charge is -2.09. The number of carbonyl (C=O) groups excluding carboxylic acids is 1. The van der Waals surface area contributed by atoms with Gasteiger partial charge in [0, 0.05) is 6.07 Å². The molecule has 0 bridgehead atoms. The van der Waals surface area contributed by atoms with Gasteiger partial charge in [0.25, 0.3) is 0 Å². The van der Waals surface area contributed by atoms with Gasteiger partial charge in [0.1, 0.15) is 5.75 Å². The minimum Gasteiger partial charge on any atom is -0.497 e. The molecule has 2 rings (SSSR count). The van der Waals surface area contributed by atoms with Crippen LogP contribution in [-0.4, -0.2) is 20.2 Å². The third kappa shape index (κ3) is 3.31. The van der Waals surface area contributed by atoms with E-state index in [0.717, 1.165) is 0 Å². The molecule has 0 atom stereocenters. The van der Waals surface area contributed by atoms with Crippen molar-refractivity contribution in [3.8, 4) is 23.3 Å². The Morgan fingerprint density at radius 3 is 2.29 bits per heavy atom. The third-order valence-corrected chi connectivity index (χ3v) is 2.82. The number of nitriles is 1. The highest BCUT2D eigenvalue weighted by Gasteiger charge is 2.13. The molecule has 0 fully saturated rings. The van der Waals surface area contributed by atoms with E-state index < -0.39 is 5.97 Å². The largest absolute Gasteiger partial charge is 0.497 e. The Morgan fingerprint density at radius 1 is 1.00 bits per heavy atom. The van der Waals surface area contributed by atoms with E-state index in [0.29, 0.717) is 22.6 Å². The van der Waals surface area contributed by atoms with Crippen LogP contribution in [0.2, 0.25) is 0 Å². The minimum atomic E-state index is -0.513. The van der Waals surface area contributed by atoms with Crippen molar-refractivity contribution in [2.24, 2.45) is 0 Å². The zero-order valence-corrected chi connectivity index (χ0v) is 11.6. The molecule has 0 spiro atoms. The summed E-state index contributed by atoms with van der Waals surface area (Å²) in [5.41, 5.74) is 0.818. The van der Waals surface area contributed by atoms with Gasteiger partial charge in [-0.3, -0.25) is 0 Å². The van der Waals surface area contributed by atoms with Crippen LogP contribution in [0, 0.1) is 11.3 Å². The summed E-state index contributed by atoms with van der Waals surface area (Å²) in [6.07, 6.45) is 0. The second-order valence-electron chi connectivity index (χ2n) is 4.10. The zero-order valence-electron chi connectivity index (χ0n) is 11.6. The summed E-state index contributed by atoms with van der Waals surface area (Å²) in [4.78, 5) is 12.1. The van der Waals surface area contributed by atoms with Crippen LogP contribution in [0.15, 0.2) is 42.5 Å². The summed E-state index contributed by atoms with van der Waals surface area (Å²) in [5, 5.41) is 8.83. The van der Waals surface area contributed by atoms with Crippen molar-refractivity contribution < 1.29 is 19.0 Å². The maximum atomic E-state index is 12.1. The standard InChI is InChI=1S/C16H13NO4/c1-19-13-6-4-12(5-7-13)16(18)21-14-8-3-11(10-17)9-15(14)20-2/h3-9H,1-2H3. The van der Waals surface area contributed by atoms with Gasteiger partial charge in [-0.05, 0) is 36.4 Å². The lowest BCUT2D eigenvalue weighted by molar-refractivity contribution is 0.0729. The first-order chi connectivity index (χ1) is 10.2. The first-order valence-electron chi connectivity index (χ1n) is 6.12. The van der Waals surface area contributed by atoms with E-state index in [-0.39, 0.29) is 5.75 Å². The highest BCUT2D eigenvalue weighted by atomic mass is 16.6. The number of nitrogens with zero attached hydrogens (tertiary/aromatic N) is 1. The SMILES string of the molecule is COc1ccc(C(=O)Oc2ccc(C#N)cc2OC)cc1. The van der Waals surface area contributed by atoms with Gasteiger partial charge in [-0.1, -0.05) is 0 Å². The molecule has 0 aromatic heterocycles. The Kier molecular flexibility index (Phi) is 4.42. The maximum absolute atomic E-state index is 12.1. The molecule has 2 aromatic rings. The summed E-state index contributed by atoms with van der Waals surface area (Å²) in [5.74, 6) is 0.733. The molecular weight excluding hydrogens is 270 g/mol. The fourth-order valence-corrected chi connectivity index (χ4v) is 1.71. The van der Waals surface area contributed by atoms with E-state index in [1.165, 1.54) is 19.2 Å². The Bertz CT molecular complexity index is 686. The first kappa shape index (κ1) is 14.4. The molecule has 2 aromatic carbocycles. The fraction of sp³-hybridized carbons (Fsp3) is 0.125. The van der Waals surface area contributed by atoms with Gasteiger partial charge in [-0.15, -0.1) is 0 Å². The van der Waals surface area contributed by atoms with Crippen LogP contribution in [0.25, 0.3) is 0 Å². The lowest BCUT2D eigenvalue weighted by atomic mass is 10.2. The summed E-state index contributed by atoms with van der Waals surface area (Å²) < 4.78 is 15.4. The number of esters is 1. The fourth-order valence-electron chi connectivity index (χ4n) is 1.71. The lowest BCUT2D eigenvalue weighted by Crippen LogP contribution is -2.09. The molecule has 21 heavy (non-hydrogen) atoms. The summed E-state index contributed by atoms with van der Waals surface area (Å²) in [7, 11) is 3.00. The molecule has 0 heterocycles. The van der Waals surface area contributed by atoms with E-state index in [9.17, 15) is 4.79 Å². The van der Waals surface area contributed by atoms with Gasteiger partial charge >= 0.3 is 5.97 Å². The molecule has 5 nitrogen and oxygen atoms in total. The first-order valence-corrected chi connectivity index (χ1v) is 6.12. The summed E-state index contributed by atoms with van der Waals surface area (Å²) in [6.45, 7) is 0. The van der Waals surface area contributed by atoms with Crippen LogP contribution in [0.5, 0.6) is 17.2 Å². The van der Waals surface area contributed by atoms with Crippen molar-refractivity contribution in [2.45, 2.75) is 0 Å². The van der Waals surface area contributed by atoms with Crippen LogP contribution in [-0.2, 0) is 0 Å². The average molecular weight is 283 g/mol. The van der Waals surface area contributed by atoms with Crippen LogP contribution in [0.1, 0.15) is 15.9 Å². The molecule has 106 valence electrons. The molecule has 0 aliphatic carbocycles. The monoisotopic (exact) mass is 283 g/mol. The quantitative estimate of drug-likeness (QED) is 0.637. The molecule has 0 unspecified atom stereocenters. The van der Waals surface area contributed by atoms with Crippen molar-refractivity contribution in [1.82, 2.24) is 0 Å². The molecule has 0 radical (unpaired) electrons.